The van der Waals surface area contributed by atoms with Gasteiger partial charge in [-0.25, -0.2) is 0 Å². The summed E-state index contributed by atoms with van der Waals surface area (Å²) in [6.45, 7) is 0.926. The Morgan fingerprint density at radius 3 is 2.69 bits per heavy atom. The molecule has 0 aliphatic carbocycles. The second kappa shape index (κ2) is 8.69. The predicted molar refractivity (Wildman–Crippen MR) is 101 cm³/mol. The molecule has 2 N–H and O–H groups in total. The van der Waals surface area contributed by atoms with E-state index < -0.39 is 0 Å². The van der Waals surface area contributed by atoms with Crippen molar-refractivity contribution in [1.29, 1.82) is 0 Å². The van der Waals surface area contributed by atoms with Gasteiger partial charge in [0.25, 0.3) is 5.91 Å². The molecule has 0 unspecified atom stereocenters. The number of nitrogens with zero attached hydrogens (tertiary/aromatic N) is 2. The molecule has 0 aliphatic rings. The van der Waals surface area contributed by atoms with Gasteiger partial charge in [0, 0.05) is 16.6 Å². The van der Waals surface area contributed by atoms with Gasteiger partial charge in [-0.05, 0) is 48.4 Å². The van der Waals surface area contributed by atoms with Gasteiger partial charge < -0.3 is 15.1 Å². The van der Waals surface area contributed by atoms with Crippen LogP contribution in [0.15, 0.2) is 53.1 Å². The lowest BCUT2D eigenvalue weighted by molar-refractivity contribution is 0.0942. The zero-order valence-corrected chi connectivity index (χ0v) is 15.2. The van der Waals surface area contributed by atoms with Crippen LogP contribution in [-0.2, 0) is 13.0 Å². The Hall–Kier alpha value is -2.57. The number of aromatic nitrogens is 2. The van der Waals surface area contributed by atoms with Crippen LogP contribution in [0.3, 0.4) is 0 Å². The summed E-state index contributed by atoms with van der Waals surface area (Å²) in [6.07, 6.45) is 2.27. The third kappa shape index (κ3) is 4.97. The Balaban J connectivity index is 1.48. The molecule has 0 saturated heterocycles. The van der Waals surface area contributed by atoms with Crippen LogP contribution < -0.4 is 10.6 Å². The number of carbonyl (C=O) groups is 1. The number of halogens is 2. The molecule has 26 heavy (non-hydrogen) atoms. The van der Waals surface area contributed by atoms with Gasteiger partial charge >= 0.3 is 0 Å². The molecule has 6 nitrogen and oxygen atoms in total. The topological polar surface area (TPSA) is 80.0 Å². The summed E-state index contributed by atoms with van der Waals surface area (Å²) < 4.78 is 5.16. The Bertz CT molecular complexity index is 867. The number of nitrogens with one attached hydrogen (secondary N) is 2. The van der Waals surface area contributed by atoms with Gasteiger partial charge in [-0.2, -0.15) is 0 Å². The summed E-state index contributed by atoms with van der Waals surface area (Å²) >= 11 is 12.0. The van der Waals surface area contributed by atoms with Crippen molar-refractivity contribution in [3.8, 4) is 0 Å². The molecule has 3 rings (SSSR count). The van der Waals surface area contributed by atoms with Crippen molar-refractivity contribution in [3.63, 3.8) is 0 Å². The second-order valence-electron chi connectivity index (χ2n) is 5.48. The Labute approximate surface area is 160 Å². The van der Waals surface area contributed by atoms with Crippen LogP contribution in [0.2, 0.25) is 10.0 Å². The fraction of sp³-hybridized carbons (Fsp3) is 0.167. The first-order chi connectivity index (χ1) is 12.6. The number of benzene rings is 1. The van der Waals surface area contributed by atoms with E-state index in [9.17, 15) is 4.79 Å². The standard InChI is InChI=1S/C18H16Cl2N4O2/c19-13-4-3-12(15(20)10-13)7-8-21-17-6-5-16(23-24-17)18(25)22-11-14-2-1-9-26-14/h1-6,9-10H,7-8,11H2,(H,21,24)(H,22,25). The average Bonchev–Trinajstić information content (AvgIpc) is 3.16. The molecular weight excluding hydrogens is 375 g/mol. The number of furan rings is 1. The number of hydrogen-bond donors (Lipinski definition) is 2. The van der Waals surface area contributed by atoms with Crippen LogP contribution in [-0.4, -0.2) is 22.6 Å². The monoisotopic (exact) mass is 390 g/mol. The van der Waals surface area contributed by atoms with E-state index in [1.807, 2.05) is 6.07 Å². The molecule has 0 bridgehead atoms. The minimum atomic E-state index is -0.312. The van der Waals surface area contributed by atoms with Gasteiger partial charge in [0.15, 0.2) is 5.69 Å². The molecule has 0 atom stereocenters. The second-order valence-corrected chi connectivity index (χ2v) is 6.32. The molecule has 0 aliphatic heterocycles. The maximum Gasteiger partial charge on any atom is 0.272 e. The summed E-state index contributed by atoms with van der Waals surface area (Å²) in [7, 11) is 0. The van der Waals surface area contributed by atoms with E-state index in [1.54, 1.807) is 42.7 Å². The molecule has 3 aromatic rings. The highest BCUT2D eigenvalue weighted by molar-refractivity contribution is 6.35. The van der Waals surface area contributed by atoms with Gasteiger partial charge in [0.1, 0.15) is 11.6 Å². The SMILES string of the molecule is O=C(NCc1ccco1)c1ccc(NCCc2ccc(Cl)cc2Cl)nn1. The normalized spacial score (nSPS) is 10.5. The van der Waals surface area contributed by atoms with Crippen LogP contribution in [0.5, 0.6) is 0 Å². The highest BCUT2D eigenvalue weighted by Crippen LogP contribution is 2.21. The zero-order valence-electron chi connectivity index (χ0n) is 13.7. The number of hydrogen-bond acceptors (Lipinski definition) is 5. The number of rotatable bonds is 7. The van der Waals surface area contributed by atoms with Gasteiger partial charge in [0.05, 0.1) is 12.8 Å². The first kappa shape index (κ1) is 18.2. The molecule has 134 valence electrons. The molecule has 2 heterocycles. The van der Waals surface area contributed by atoms with E-state index in [4.69, 9.17) is 27.6 Å². The lowest BCUT2D eigenvalue weighted by Gasteiger charge is -2.07. The van der Waals surface area contributed by atoms with E-state index in [2.05, 4.69) is 20.8 Å². The first-order valence-corrected chi connectivity index (χ1v) is 8.69. The summed E-state index contributed by atoms with van der Waals surface area (Å²) in [5.74, 6) is 0.941. The quantitative estimate of drug-likeness (QED) is 0.637. The smallest absolute Gasteiger partial charge is 0.272 e. The maximum absolute atomic E-state index is 12.0. The molecule has 2 aromatic heterocycles. The van der Waals surface area contributed by atoms with Gasteiger partial charge in [-0.3, -0.25) is 4.79 Å². The van der Waals surface area contributed by atoms with Crippen LogP contribution >= 0.6 is 23.2 Å². The van der Waals surface area contributed by atoms with Crippen molar-refractivity contribution < 1.29 is 9.21 Å². The molecule has 0 radical (unpaired) electrons. The Kier molecular flexibility index (Phi) is 6.09. The predicted octanol–water partition coefficient (Wildman–Crippen LogP) is 3.96. The van der Waals surface area contributed by atoms with Crippen LogP contribution in [0, 0.1) is 0 Å². The molecule has 0 saturated carbocycles. The average molecular weight is 391 g/mol. The lowest BCUT2D eigenvalue weighted by atomic mass is 10.1. The minimum absolute atomic E-state index is 0.239. The fourth-order valence-electron chi connectivity index (χ4n) is 2.27. The zero-order chi connectivity index (χ0) is 18.4. The third-order valence-corrected chi connectivity index (χ3v) is 4.20. The summed E-state index contributed by atoms with van der Waals surface area (Å²) in [5, 5.41) is 15.0. The van der Waals surface area contributed by atoms with Gasteiger partial charge in [-0.1, -0.05) is 29.3 Å². The lowest BCUT2D eigenvalue weighted by Crippen LogP contribution is -2.24. The van der Waals surface area contributed by atoms with Crippen molar-refractivity contribution in [2.45, 2.75) is 13.0 Å². The largest absolute Gasteiger partial charge is 0.467 e. The van der Waals surface area contributed by atoms with E-state index in [0.29, 0.717) is 41.1 Å². The van der Waals surface area contributed by atoms with Crippen molar-refractivity contribution in [3.05, 3.63) is 75.8 Å². The van der Waals surface area contributed by atoms with Crippen LogP contribution in [0.1, 0.15) is 21.8 Å². The maximum atomic E-state index is 12.0. The highest BCUT2D eigenvalue weighted by Gasteiger charge is 2.09. The fourth-order valence-corrected chi connectivity index (χ4v) is 2.77. The van der Waals surface area contributed by atoms with E-state index >= 15 is 0 Å². The Morgan fingerprint density at radius 2 is 2.00 bits per heavy atom. The highest BCUT2D eigenvalue weighted by atomic mass is 35.5. The van der Waals surface area contributed by atoms with Crippen molar-refractivity contribution >= 4 is 34.9 Å². The summed E-state index contributed by atoms with van der Waals surface area (Å²) in [6, 6.07) is 12.3. The van der Waals surface area contributed by atoms with E-state index in [1.165, 1.54) is 0 Å². The van der Waals surface area contributed by atoms with Gasteiger partial charge in [0.2, 0.25) is 0 Å². The number of amides is 1. The molecule has 0 fully saturated rings. The summed E-state index contributed by atoms with van der Waals surface area (Å²) in [4.78, 5) is 12.0. The number of carbonyl (C=O) groups excluding carboxylic acids is 1. The van der Waals surface area contributed by atoms with Crippen LogP contribution in [0.25, 0.3) is 0 Å². The van der Waals surface area contributed by atoms with Gasteiger partial charge in [-0.15, -0.1) is 10.2 Å². The molecular formula is C18H16Cl2N4O2. The van der Waals surface area contributed by atoms with Crippen molar-refractivity contribution in [2.75, 3.05) is 11.9 Å². The summed E-state index contributed by atoms with van der Waals surface area (Å²) in [5.41, 5.74) is 1.23. The molecule has 1 amide bonds. The van der Waals surface area contributed by atoms with E-state index in [-0.39, 0.29) is 11.6 Å². The van der Waals surface area contributed by atoms with E-state index in [0.717, 1.165) is 5.56 Å². The molecule has 0 spiro atoms. The first-order valence-electron chi connectivity index (χ1n) is 7.94. The molecule has 8 heteroatoms. The van der Waals surface area contributed by atoms with Crippen molar-refractivity contribution in [2.24, 2.45) is 0 Å². The third-order valence-electron chi connectivity index (χ3n) is 3.62. The van der Waals surface area contributed by atoms with Crippen molar-refractivity contribution in [1.82, 2.24) is 15.5 Å². The number of anilines is 1. The Morgan fingerprint density at radius 1 is 1.12 bits per heavy atom. The van der Waals surface area contributed by atoms with Crippen LogP contribution in [0.4, 0.5) is 5.82 Å². The molecule has 1 aromatic carbocycles. The minimum Gasteiger partial charge on any atom is -0.467 e.